The second-order valence-electron chi connectivity index (χ2n) is 8.05. The Morgan fingerprint density at radius 1 is 1.21 bits per heavy atom. The molecule has 170 valence electrons. The highest BCUT2D eigenvalue weighted by atomic mass is 35.5. The van der Waals surface area contributed by atoms with Crippen molar-refractivity contribution in [1.82, 2.24) is 10.3 Å². The zero-order valence-corrected chi connectivity index (χ0v) is 18.7. The van der Waals surface area contributed by atoms with Crippen LogP contribution in [0.25, 0.3) is 6.08 Å². The normalized spacial score (nSPS) is 16.4. The summed E-state index contributed by atoms with van der Waals surface area (Å²) in [6.45, 7) is 0.461. The van der Waals surface area contributed by atoms with Crippen LogP contribution in [0.1, 0.15) is 34.8 Å². The molecule has 3 N–H and O–H groups in total. The number of nitrogens with zero attached hydrogens (tertiary/aromatic N) is 1. The van der Waals surface area contributed by atoms with E-state index in [4.69, 9.17) is 21.4 Å². The Morgan fingerprint density at radius 2 is 2.09 bits per heavy atom. The molecule has 7 heteroatoms. The zero-order chi connectivity index (χ0) is 23.2. The number of aliphatic carboxylic acids is 1. The summed E-state index contributed by atoms with van der Waals surface area (Å²) in [7, 11) is 0. The summed E-state index contributed by atoms with van der Waals surface area (Å²) in [6, 6.07) is 17.1. The molecule has 33 heavy (non-hydrogen) atoms. The van der Waals surface area contributed by atoms with E-state index in [1.165, 1.54) is 17.2 Å². The number of aryl methyl sites for hydroxylation is 1. The lowest BCUT2D eigenvalue weighted by Gasteiger charge is -2.27. The highest BCUT2D eigenvalue weighted by Gasteiger charge is 2.20. The molecule has 0 unspecified atom stereocenters. The molecule has 3 aromatic rings. The Bertz CT molecular complexity index is 1150. The number of fused-ring (bicyclic) bond motifs is 1. The monoisotopic (exact) mass is 464 g/mol. The van der Waals surface area contributed by atoms with Crippen LogP contribution in [-0.4, -0.2) is 33.8 Å². The van der Waals surface area contributed by atoms with Crippen LogP contribution in [0.2, 0.25) is 5.02 Å². The number of ether oxygens (including phenoxy) is 1. The first kappa shape index (κ1) is 23.0. The van der Waals surface area contributed by atoms with E-state index in [1.54, 1.807) is 30.5 Å². The lowest BCUT2D eigenvalue weighted by Crippen LogP contribution is -2.37. The number of carboxylic acids is 1. The Kier molecular flexibility index (Phi) is 7.40. The second kappa shape index (κ2) is 10.6. The maximum Gasteiger partial charge on any atom is 0.328 e. The minimum absolute atomic E-state index is 0.264. The Morgan fingerprint density at radius 3 is 2.85 bits per heavy atom. The number of carbonyl (C=O) groups is 1. The van der Waals surface area contributed by atoms with Gasteiger partial charge in [0.15, 0.2) is 0 Å². The summed E-state index contributed by atoms with van der Waals surface area (Å²) in [5, 5.41) is 23.3. The van der Waals surface area contributed by atoms with Crippen molar-refractivity contribution in [1.29, 1.82) is 0 Å². The molecule has 0 spiro atoms. The van der Waals surface area contributed by atoms with Crippen LogP contribution in [0, 0.1) is 0 Å². The first-order valence-corrected chi connectivity index (χ1v) is 11.2. The molecule has 2 atom stereocenters. The van der Waals surface area contributed by atoms with Crippen molar-refractivity contribution in [3.63, 3.8) is 0 Å². The molecule has 1 heterocycles. The fourth-order valence-electron chi connectivity index (χ4n) is 3.92. The van der Waals surface area contributed by atoms with Crippen molar-refractivity contribution < 1.29 is 19.7 Å². The number of pyridine rings is 1. The summed E-state index contributed by atoms with van der Waals surface area (Å²) in [5.41, 5.74) is 4.01. The van der Waals surface area contributed by atoms with E-state index in [9.17, 15) is 9.90 Å². The molecule has 0 bridgehead atoms. The van der Waals surface area contributed by atoms with Crippen LogP contribution in [0.5, 0.6) is 11.6 Å². The number of aliphatic hydroxyl groups is 1. The van der Waals surface area contributed by atoms with Gasteiger partial charge >= 0.3 is 5.97 Å². The van der Waals surface area contributed by atoms with E-state index in [0.29, 0.717) is 28.8 Å². The molecule has 0 aliphatic heterocycles. The molecule has 4 rings (SSSR count). The molecule has 6 nitrogen and oxygen atoms in total. The van der Waals surface area contributed by atoms with Gasteiger partial charge in [0.25, 0.3) is 0 Å². The summed E-state index contributed by atoms with van der Waals surface area (Å²) in [6.07, 6.45) is 6.32. The van der Waals surface area contributed by atoms with Crippen LogP contribution in [0.4, 0.5) is 0 Å². The number of halogens is 1. The summed E-state index contributed by atoms with van der Waals surface area (Å²) >= 11 is 6.03. The van der Waals surface area contributed by atoms with Crippen molar-refractivity contribution in [2.45, 2.75) is 31.4 Å². The van der Waals surface area contributed by atoms with Crippen molar-refractivity contribution in [3.8, 4) is 11.6 Å². The van der Waals surface area contributed by atoms with Crippen LogP contribution >= 0.6 is 11.6 Å². The molecule has 0 saturated carbocycles. The van der Waals surface area contributed by atoms with Crippen molar-refractivity contribution in [2.75, 3.05) is 6.54 Å². The predicted molar refractivity (Wildman–Crippen MR) is 128 cm³/mol. The van der Waals surface area contributed by atoms with Gasteiger partial charge in [0.05, 0.1) is 6.10 Å². The fourth-order valence-corrected chi connectivity index (χ4v) is 4.12. The third kappa shape index (κ3) is 6.42. The van der Waals surface area contributed by atoms with Crippen molar-refractivity contribution in [3.05, 3.63) is 94.1 Å². The lowest BCUT2D eigenvalue weighted by atomic mass is 9.88. The van der Waals surface area contributed by atoms with E-state index in [-0.39, 0.29) is 6.04 Å². The van der Waals surface area contributed by atoms with Gasteiger partial charge in [-0.25, -0.2) is 9.78 Å². The van der Waals surface area contributed by atoms with Gasteiger partial charge in [-0.2, -0.15) is 0 Å². The molecule has 1 aliphatic carbocycles. The van der Waals surface area contributed by atoms with E-state index >= 15 is 0 Å². The smallest absolute Gasteiger partial charge is 0.328 e. The van der Waals surface area contributed by atoms with E-state index in [1.807, 2.05) is 24.3 Å². The van der Waals surface area contributed by atoms with E-state index < -0.39 is 12.1 Å². The fraction of sp³-hybridized carbons (Fsp3) is 0.231. The second-order valence-corrected chi connectivity index (χ2v) is 8.49. The van der Waals surface area contributed by atoms with Gasteiger partial charge in [0.1, 0.15) is 5.75 Å². The highest BCUT2D eigenvalue weighted by Crippen LogP contribution is 2.28. The van der Waals surface area contributed by atoms with Gasteiger partial charge in [0, 0.05) is 35.9 Å². The number of aliphatic hydroxyl groups excluding tert-OH is 1. The lowest BCUT2D eigenvalue weighted by molar-refractivity contribution is -0.131. The first-order chi connectivity index (χ1) is 16.0. The summed E-state index contributed by atoms with van der Waals surface area (Å²) < 4.78 is 5.90. The number of aromatic nitrogens is 1. The molecule has 0 saturated heterocycles. The topological polar surface area (TPSA) is 91.7 Å². The zero-order valence-electron chi connectivity index (χ0n) is 17.9. The van der Waals surface area contributed by atoms with Crippen LogP contribution in [-0.2, 0) is 17.6 Å². The number of nitrogens with one attached hydrogen (secondary N) is 1. The quantitative estimate of drug-likeness (QED) is 0.414. The van der Waals surface area contributed by atoms with Crippen molar-refractivity contribution in [2.24, 2.45) is 0 Å². The largest absolute Gasteiger partial charge is 0.478 e. The SMILES string of the molecule is O=C(O)C=Cc1ccc(Oc2ccc3c(c2)C[C@@H](NC[C@H](O)c2cccc(Cl)c2)CC3)nc1. The third-order valence-electron chi connectivity index (χ3n) is 5.64. The van der Waals surface area contributed by atoms with Crippen LogP contribution < -0.4 is 10.1 Å². The molecule has 0 amide bonds. The minimum atomic E-state index is -1.00. The Balaban J connectivity index is 1.35. The van der Waals surface area contributed by atoms with Crippen LogP contribution in [0.3, 0.4) is 0 Å². The van der Waals surface area contributed by atoms with Gasteiger partial charge in [-0.05, 0) is 77.9 Å². The van der Waals surface area contributed by atoms with E-state index in [0.717, 1.165) is 30.9 Å². The van der Waals surface area contributed by atoms with Crippen LogP contribution in [0.15, 0.2) is 66.9 Å². The molecule has 1 aromatic heterocycles. The number of benzene rings is 2. The average molecular weight is 465 g/mol. The van der Waals surface area contributed by atoms with E-state index in [2.05, 4.69) is 16.4 Å². The number of carboxylic acid groups (broad SMARTS) is 1. The third-order valence-corrected chi connectivity index (χ3v) is 5.87. The van der Waals surface area contributed by atoms with Gasteiger partial charge in [-0.1, -0.05) is 29.8 Å². The Labute approximate surface area is 197 Å². The molecular formula is C26H25ClN2O4. The summed E-state index contributed by atoms with van der Waals surface area (Å²) in [4.78, 5) is 14.9. The standard InChI is InChI=1S/C26H25ClN2O4/c27-21-3-1-2-19(12-21)24(30)16-28-22-8-6-18-7-9-23(14-20(18)13-22)33-25-10-4-17(15-29-25)5-11-26(31)32/h1-5,7,9-12,14-15,22,24,28,30H,6,8,13,16H2,(H,31,32)/t22-,24-/m0/s1. The number of hydrogen-bond acceptors (Lipinski definition) is 5. The molecule has 2 aromatic carbocycles. The molecule has 0 radical (unpaired) electrons. The first-order valence-electron chi connectivity index (χ1n) is 10.8. The van der Waals surface area contributed by atoms with Gasteiger partial charge in [-0.3, -0.25) is 0 Å². The minimum Gasteiger partial charge on any atom is -0.478 e. The highest BCUT2D eigenvalue weighted by molar-refractivity contribution is 6.30. The Hall–Kier alpha value is -3.19. The molecule has 1 aliphatic rings. The van der Waals surface area contributed by atoms with Gasteiger partial charge in [0.2, 0.25) is 5.88 Å². The average Bonchev–Trinajstić information content (AvgIpc) is 2.82. The summed E-state index contributed by atoms with van der Waals surface area (Å²) in [5.74, 6) is 0.142. The van der Waals surface area contributed by atoms with Gasteiger partial charge in [-0.15, -0.1) is 0 Å². The number of rotatable bonds is 8. The van der Waals surface area contributed by atoms with Gasteiger partial charge < -0.3 is 20.3 Å². The number of hydrogen-bond donors (Lipinski definition) is 3. The van der Waals surface area contributed by atoms with Crippen molar-refractivity contribution >= 4 is 23.6 Å². The molecule has 0 fully saturated rings. The predicted octanol–water partition coefficient (Wildman–Crippen LogP) is 4.81. The maximum atomic E-state index is 10.6. The molecular weight excluding hydrogens is 440 g/mol. The maximum absolute atomic E-state index is 10.6.